The highest BCUT2D eigenvalue weighted by molar-refractivity contribution is 7.84. The van der Waals surface area contributed by atoms with Gasteiger partial charge in [0.25, 0.3) is 17.7 Å². The molecule has 0 aromatic heterocycles. The number of β-lactam (4-membered cyclic amide) rings is 1. The van der Waals surface area contributed by atoms with Gasteiger partial charge in [-0.05, 0) is 69.1 Å². The minimum atomic E-state index is -4.85. The van der Waals surface area contributed by atoms with E-state index in [0.29, 0.717) is 0 Å². The Balaban J connectivity index is 0.000000341. The van der Waals surface area contributed by atoms with Crippen molar-refractivity contribution in [3.05, 3.63) is 77.4 Å². The summed E-state index contributed by atoms with van der Waals surface area (Å²) in [4.78, 5) is 38.5. The first-order valence-corrected chi connectivity index (χ1v) is 25.9. The second-order valence-electron chi connectivity index (χ2n) is 17.6. The lowest BCUT2D eigenvalue weighted by atomic mass is 9.95. The molecule has 2 heterocycles. The molecule has 1 fully saturated rings. The van der Waals surface area contributed by atoms with E-state index in [1.54, 1.807) is 48.5 Å². The number of carbonyl (C=O) groups excluding carboxylic acids is 3. The van der Waals surface area contributed by atoms with Crippen molar-refractivity contribution < 1.29 is 36.3 Å². The summed E-state index contributed by atoms with van der Waals surface area (Å²) < 4.78 is 35.8. The van der Waals surface area contributed by atoms with Crippen molar-refractivity contribution in [1.82, 2.24) is 9.21 Å². The second-order valence-corrected chi connectivity index (χ2v) is 18.9. The highest BCUT2D eigenvalue weighted by atomic mass is 32.2. The smallest absolute Gasteiger partial charge is 0.324 e. The van der Waals surface area contributed by atoms with Crippen molar-refractivity contribution in [2.75, 3.05) is 52.4 Å². The number of hydrogen-bond acceptors (Lipinski definition) is 5. The third-order valence-electron chi connectivity index (χ3n) is 12.6. The maximum absolute atomic E-state index is 12.7. The zero-order valence-electron chi connectivity index (χ0n) is 40.2. The summed E-state index contributed by atoms with van der Waals surface area (Å²) in [5.74, 6) is -2.39. The van der Waals surface area contributed by atoms with Gasteiger partial charge in [0, 0.05) is 0 Å². The highest BCUT2D eigenvalue weighted by Gasteiger charge is 2.59. The van der Waals surface area contributed by atoms with Gasteiger partial charge < -0.3 is 8.97 Å². The molecular formula is C51H86N4O6S+2. The normalized spacial score (nSPS) is 16.5. The average Bonchev–Trinajstić information content (AvgIpc) is 3.52. The van der Waals surface area contributed by atoms with Gasteiger partial charge in [0.2, 0.25) is 0 Å². The zero-order chi connectivity index (χ0) is 46.0. The maximum Gasteiger partial charge on any atom is 0.362 e. The SMILES string of the molecule is CCCC[N+](CCCC)(CCCC)CCCC.CCCC[N+](CCCC)(CCCC)CCCC.O=C1c2ccccc2C(=O)N1[C@H]1C(=O)N(S(=O)(=O)O)[C@H]1C=Cc1ccccc1. The lowest BCUT2D eigenvalue weighted by molar-refractivity contribution is -0.929. The van der Waals surface area contributed by atoms with Crippen LogP contribution in [0.5, 0.6) is 0 Å². The molecule has 2 aromatic carbocycles. The largest absolute Gasteiger partial charge is 0.362 e. The Morgan fingerprint density at radius 3 is 1.11 bits per heavy atom. The van der Waals surface area contributed by atoms with E-state index in [0.717, 1.165) is 10.5 Å². The number of amides is 3. The molecule has 0 saturated carbocycles. The molecule has 2 atom stereocenters. The molecule has 2 aromatic rings. The number of carbonyl (C=O) groups is 3. The lowest BCUT2D eigenvalue weighted by Crippen LogP contribution is -2.72. The van der Waals surface area contributed by atoms with E-state index in [4.69, 9.17) is 0 Å². The van der Waals surface area contributed by atoms with Crippen molar-refractivity contribution in [1.29, 1.82) is 0 Å². The molecule has 2 aliphatic heterocycles. The number of benzene rings is 2. The Morgan fingerprint density at radius 1 is 0.516 bits per heavy atom. The van der Waals surface area contributed by atoms with Crippen molar-refractivity contribution >= 4 is 34.1 Å². The second kappa shape index (κ2) is 29.1. The van der Waals surface area contributed by atoms with Crippen LogP contribution in [-0.4, -0.2) is 113 Å². The summed E-state index contributed by atoms with van der Waals surface area (Å²) in [6, 6.07) is 12.4. The Kier molecular flexibility index (Phi) is 25.7. The van der Waals surface area contributed by atoms with E-state index in [-0.39, 0.29) is 15.4 Å². The van der Waals surface area contributed by atoms with E-state index in [1.807, 2.05) is 0 Å². The van der Waals surface area contributed by atoms with Crippen LogP contribution in [0.1, 0.15) is 184 Å². The van der Waals surface area contributed by atoms with Crippen LogP contribution < -0.4 is 0 Å². The third-order valence-corrected chi connectivity index (χ3v) is 13.5. The molecule has 350 valence electrons. The van der Waals surface area contributed by atoms with Crippen molar-refractivity contribution in [3.63, 3.8) is 0 Å². The van der Waals surface area contributed by atoms with Crippen LogP contribution in [0, 0.1) is 0 Å². The number of imide groups is 1. The Morgan fingerprint density at radius 2 is 0.823 bits per heavy atom. The fraction of sp³-hybridized carbons (Fsp3) is 0.667. The van der Waals surface area contributed by atoms with Crippen LogP contribution >= 0.6 is 0 Å². The van der Waals surface area contributed by atoms with Gasteiger partial charge in [-0.2, -0.15) is 8.42 Å². The summed E-state index contributed by atoms with van der Waals surface area (Å²) in [5.41, 5.74) is 1.02. The van der Waals surface area contributed by atoms with Crippen molar-refractivity contribution in [3.8, 4) is 0 Å². The summed E-state index contributed by atoms with van der Waals surface area (Å²) in [7, 11) is -4.85. The number of unbranched alkanes of at least 4 members (excludes halogenated alkanes) is 8. The Hall–Kier alpha value is -3.38. The van der Waals surface area contributed by atoms with Gasteiger partial charge in [0.15, 0.2) is 0 Å². The molecule has 0 radical (unpaired) electrons. The van der Waals surface area contributed by atoms with Crippen LogP contribution in [0.2, 0.25) is 0 Å². The summed E-state index contributed by atoms with van der Waals surface area (Å²) >= 11 is 0. The predicted octanol–water partition coefficient (Wildman–Crippen LogP) is 11.4. The van der Waals surface area contributed by atoms with Gasteiger partial charge in [-0.1, -0.05) is 161 Å². The molecule has 3 amide bonds. The van der Waals surface area contributed by atoms with E-state index in [9.17, 15) is 27.4 Å². The third kappa shape index (κ3) is 16.6. The van der Waals surface area contributed by atoms with Crippen LogP contribution in [-0.2, 0) is 15.1 Å². The van der Waals surface area contributed by atoms with Crippen LogP contribution in [0.3, 0.4) is 0 Å². The monoisotopic (exact) mass is 883 g/mol. The fourth-order valence-electron chi connectivity index (χ4n) is 8.71. The molecule has 1 saturated heterocycles. The van der Waals surface area contributed by atoms with Gasteiger partial charge in [0.05, 0.1) is 69.5 Å². The summed E-state index contributed by atoms with van der Waals surface area (Å²) in [6.07, 6.45) is 25.1. The van der Waals surface area contributed by atoms with E-state index >= 15 is 0 Å². The van der Waals surface area contributed by atoms with Crippen LogP contribution in [0.25, 0.3) is 6.08 Å². The lowest BCUT2D eigenvalue weighted by Gasteiger charge is -2.45. The van der Waals surface area contributed by atoms with Gasteiger partial charge in [-0.25, -0.2) is 4.31 Å². The Bertz CT molecular complexity index is 1590. The summed E-state index contributed by atoms with van der Waals surface area (Å²) in [5, 5.41) is 0. The predicted molar refractivity (Wildman–Crippen MR) is 257 cm³/mol. The van der Waals surface area contributed by atoms with Gasteiger partial charge in [0.1, 0.15) is 6.04 Å². The minimum absolute atomic E-state index is 0.149. The molecule has 0 spiro atoms. The molecule has 62 heavy (non-hydrogen) atoms. The zero-order valence-corrected chi connectivity index (χ0v) is 41.0. The van der Waals surface area contributed by atoms with Crippen molar-refractivity contribution in [2.24, 2.45) is 0 Å². The number of hydrogen-bond donors (Lipinski definition) is 1. The number of quaternary nitrogens is 2. The average molecular weight is 883 g/mol. The quantitative estimate of drug-likeness (QED) is 0.0394. The molecule has 1 N–H and O–H groups in total. The fourth-order valence-corrected chi connectivity index (χ4v) is 9.54. The first-order chi connectivity index (χ1) is 29.8. The number of nitrogens with zero attached hydrogens (tertiary/aromatic N) is 4. The topological polar surface area (TPSA) is 112 Å². The van der Waals surface area contributed by atoms with E-state index in [2.05, 4.69) is 55.4 Å². The van der Waals surface area contributed by atoms with Crippen molar-refractivity contribution in [2.45, 2.75) is 170 Å². The van der Waals surface area contributed by atoms with Gasteiger partial charge in [-0.3, -0.25) is 23.8 Å². The molecule has 0 aliphatic carbocycles. The molecule has 2 aliphatic rings. The van der Waals surface area contributed by atoms with Crippen LogP contribution in [0.4, 0.5) is 0 Å². The van der Waals surface area contributed by atoms with E-state index < -0.39 is 40.1 Å². The van der Waals surface area contributed by atoms with Gasteiger partial charge in [-0.15, -0.1) is 0 Å². The molecule has 0 bridgehead atoms. The first-order valence-electron chi connectivity index (χ1n) is 24.5. The Labute approximate surface area is 378 Å². The highest BCUT2D eigenvalue weighted by Crippen LogP contribution is 2.35. The van der Waals surface area contributed by atoms with Crippen LogP contribution in [0.15, 0.2) is 60.7 Å². The molecule has 4 rings (SSSR count). The summed E-state index contributed by atoms with van der Waals surface area (Å²) in [6.45, 7) is 30.0. The van der Waals surface area contributed by atoms with Gasteiger partial charge >= 0.3 is 10.3 Å². The standard InChI is InChI=1S/C19H14N2O6S.2C16H36N/c22-17-13-8-4-5-9-14(13)18(23)20(17)16-15(21(19(16)24)28(25,26)27)11-10-12-6-2-1-3-7-12;2*1-5-9-13-17(14-10-6-2,15-11-7-3)16-12-8-4/h1-11,15-16H,(H,25,26,27);2*5-16H2,1-4H3/q;2*+1/t15-,16+;;/m0../s1. The first kappa shape index (κ1) is 54.8. The molecule has 11 heteroatoms. The molecular weight excluding hydrogens is 797 g/mol. The number of fused-ring (bicyclic) bond motifs is 1. The minimum Gasteiger partial charge on any atom is -0.324 e. The molecule has 10 nitrogen and oxygen atoms in total. The molecule has 0 unspecified atom stereocenters. The van der Waals surface area contributed by atoms with E-state index in [1.165, 1.54) is 182 Å². The maximum atomic E-state index is 12.7. The number of rotatable bonds is 28.